The number of hydrogen-bond donors (Lipinski definition) is 0. The lowest BCUT2D eigenvalue weighted by molar-refractivity contribution is 0.619. The van der Waals surface area contributed by atoms with Gasteiger partial charge in [-0.2, -0.15) is 0 Å². The molecule has 1 heterocycles. The van der Waals surface area contributed by atoms with Crippen molar-refractivity contribution < 1.29 is 4.42 Å². The second-order valence-corrected chi connectivity index (χ2v) is 4.89. The van der Waals surface area contributed by atoms with E-state index in [0.29, 0.717) is 16.7 Å². The molecule has 2 aromatic carbocycles. The van der Waals surface area contributed by atoms with E-state index in [1.807, 2.05) is 67.5 Å². The molecule has 0 aliphatic rings. The SMILES string of the molecule is CN(C)c1cccc2oc(-c3ccccc3)cc(=O)c12. The Morgan fingerprint density at radius 3 is 2.40 bits per heavy atom. The molecule has 3 nitrogen and oxygen atoms in total. The van der Waals surface area contributed by atoms with Gasteiger partial charge in [0.05, 0.1) is 11.1 Å². The molecule has 0 aliphatic carbocycles. The normalized spacial score (nSPS) is 10.7. The van der Waals surface area contributed by atoms with Crippen LogP contribution >= 0.6 is 0 Å². The summed E-state index contributed by atoms with van der Waals surface area (Å²) >= 11 is 0. The Kier molecular flexibility index (Phi) is 3.03. The molecule has 0 amide bonds. The summed E-state index contributed by atoms with van der Waals surface area (Å²) in [7, 11) is 3.83. The Bertz CT molecular complexity index is 804. The largest absolute Gasteiger partial charge is 0.456 e. The fourth-order valence-electron chi connectivity index (χ4n) is 2.31. The van der Waals surface area contributed by atoms with Crippen molar-refractivity contribution in [2.24, 2.45) is 0 Å². The molecule has 0 N–H and O–H groups in total. The van der Waals surface area contributed by atoms with Crippen LogP contribution in [0.1, 0.15) is 0 Å². The summed E-state index contributed by atoms with van der Waals surface area (Å²) in [5.74, 6) is 0.596. The lowest BCUT2D eigenvalue weighted by Gasteiger charge is -2.14. The second kappa shape index (κ2) is 4.85. The molecule has 3 rings (SSSR count). The zero-order valence-corrected chi connectivity index (χ0v) is 11.5. The molecule has 0 fully saturated rings. The van der Waals surface area contributed by atoms with Crippen LogP contribution in [0.25, 0.3) is 22.3 Å². The Hall–Kier alpha value is -2.55. The molecule has 3 heteroatoms. The van der Waals surface area contributed by atoms with Gasteiger partial charge in [0.15, 0.2) is 5.43 Å². The average molecular weight is 265 g/mol. The van der Waals surface area contributed by atoms with E-state index in [1.165, 1.54) is 0 Å². The van der Waals surface area contributed by atoms with Gasteiger partial charge in [0.25, 0.3) is 0 Å². The third kappa shape index (κ3) is 2.07. The number of fused-ring (bicyclic) bond motifs is 1. The number of benzene rings is 2. The molecule has 0 aliphatic heterocycles. The fourth-order valence-corrected chi connectivity index (χ4v) is 2.31. The zero-order chi connectivity index (χ0) is 14.1. The van der Waals surface area contributed by atoms with Crippen molar-refractivity contribution >= 4 is 16.7 Å². The summed E-state index contributed by atoms with van der Waals surface area (Å²) in [5, 5.41) is 0.622. The van der Waals surface area contributed by atoms with Gasteiger partial charge in [0, 0.05) is 25.7 Å². The van der Waals surface area contributed by atoms with E-state index in [1.54, 1.807) is 6.07 Å². The van der Waals surface area contributed by atoms with Crippen LogP contribution in [-0.2, 0) is 0 Å². The number of nitrogens with zero attached hydrogens (tertiary/aromatic N) is 1. The van der Waals surface area contributed by atoms with Crippen molar-refractivity contribution in [3.8, 4) is 11.3 Å². The highest BCUT2D eigenvalue weighted by atomic mass is 16.3. The molecule has 100 valence electrons. The van der Waals surface area contributed by atoms with Crippen LogP contribution < -0.4 is 10.3 Å². The highest BCUT2D eigenvalue weighted by molar-refractivity contribution is 5.91. The summed E-state index contributed by atoms with van der Waals surface area (Å²) in [6, 6.07) is 16.9. The van der Waals surface area contributed by atoms with Crippen molar-refractivity contribution in [1.82, 2.24) is 0 Å². The molecule has 0 unspecified atom stereocenters. The maximum absolute atomic E-state index is 12.4. The van der Waals surface area contributed by atoms with Crippen molar-refractivity contribution in [1.29, 1.82) is 0 Å². The first-order chi connectivity index (χ1) is 9.66. The van der Waals surface area contributed by atoms with E-state index in [4.69, 9.17) is 4.42 Å². The quantitative estimate of drug-likeness (QED) is 0.710. The van der Waals surface area contributed by atoms with Crippen LogP contribution in [0, 0.1) is 0 Å². The second-order valence-electron chi connectivity index (χ2n) is 4.89. The smallest absolute Gasteiger partial charge is 0.195 e. The number of hydrogen-bond acceptors (Lipinski definition) is 3. The van der Waals surface area contributed by atoms with Crippen molar-refractivity contribution in [2.75, 3.05) is 19.0 Å². The molecule has 0 atom stereocenters. The van der Waals surface area contributed by atoms with Crippen LogP contribution in [0.15, 0.2) is 63.8 Å². The minimum Gasteiger partial charge on any atom is -0.456 e. The molecule has 1 aromatic heterocycles. The third-order valence-corrected chi connectivity index (χ3v) is 3.27. The Labute approximate surface area is 117 Å². The van der Waals surface area contributed by atoms with E-state index < -0.39 is 0 Å². The van der Waals surface area contributed by atoms with E-state index in [-0.39, 0.29) is 5.43 Å². The van der Waals surface area contributed by atoms with Crippen molar-refractivity contribution in [3.63, 3.8) is 0 Å². The lowest BCUT2D eigenvalue weighted by Crippen LogP contribution is -2.13. The van der Waals surface area contributed by atoms with Crippen LogP contribution in [0.3, 0.4) is 0 Å². The number of rotatable bonds is 2. The predicted molar refractivity (Wildman–Crippen MR) is 82.2 cm³/mol. The molecular weight excluding hydrogens is 250 g/mol. The Morgan fingerprint density at radius 1 is 0.950 bits per heavy atom. The zero-order valence-electron chi connectivity index (χ0n) is 11.5. The molecular formula is C17H15NO2. The van der Waals surface area contributed by atoms with Gasteiger partial charge < -0.3 is 9.32 Å². The molecule has 0 saturated carbocycles. The van der Waals surface area contributed by atoms with Crippen molar-refractivity contribution in [2.45, 2.75) is 0 Å². The van der Waals surface area contributed by atoms with Crippen LogP contribution in [0.5, 0.6) is 0 Å². The van der Waals surface area contributed by atoms with Crippen LogP contribution in [-0.4, -0.2) is 14.1 Å². The average Bonchev–Trinajstić information content (AvgIpc) is 2.47. The van der Waals surface area contributed by atoms with Gasteiger partial charge in [-0.15, -0.1) is 0 Å². The van der Waals surface area contributed by atoms with Gasteiger partial charge >= 0.3 is 0 Å². The lowest BCUT2D eigenvalue weighted by atomic mass is 10.1. The minimum absolute atomic E-state index is 0.0191. The van der Waals surface area contributed by atoms with E-state index >= 15 is 0 Å². The van der Waals surface area contributed by atoms with Gasteiger partial charge in [-0.3, -0.25) is 4.79 Å². The van der Waals surface area contributed by atoms with Crippen LogP contribution in [0.4, 0.5) is 5.69 Å². The van der Waals surface area contributed by atoms with E-state index in [0.717, 1.165) is 11.3 Å². The van der Waals surface area contributed by atoms with Gasteiger partial charge in [-0.05, 0) is 12.1 Å². The van der Waals surface area contributed by atoms with Crippen molar-refractivity contribution in [3.05, 3.63) is 64.8 Å². The molecule has 20 heavy (non-hydrogen) atoms. The van der Waals surface area contributed by atoms with Gasteiger partial charge in [0.2, 0.25) is 0 Å². The van der Waals surface area contributed by atoms with Gasteiger partial charge in [-0.1, -0.05) is 36.4 Å². The first kappa shape index (κ1) is 12.5. The first-order valence-corrected chi connectivity index (χ1v) is 6.46. The van der Waals surface area contributed by atoms with Crippen LogP contribution in [0.2, 0.25) is 0 Å². The molecule has 0 saturated heterocycles. The predicted octanol–water partition coefficient (Wildman–Crippen LogP) is 3.53. The summed E-state index contributed by atoms with van der Waals surface area (Å²) in [4.78, 5) is 14.3. The fraction of sp³-hybridized carbons (Fsp3) is 0.118. The molecule has 0 bridgehead atoms. The van der Waals surface area contributed by atoms with Gasteiger partial charge in [0.1, 0.15) is 11.3 Å². The summed E-state index contributed by atoms with van der Waals surface area (Å²) in [6.45, 7) is 0. The maximum atomic E-state index is 12.4. The highest BCUT2D eigenvalue weighted by Crippen LogP contribution is 2.26. The topological polar surface area (TPSA) is 33.5 Å². The number of anilines is 1. The Morgan fingerprint density at radius 2 is 1.70 bits per heavy atom. The van der Waals surface area contributed by atoms with E-state index in [9.17, 15) is 4.79 Å². The monoisotopic (exact) mass is 265 g/mol. The highest BCUT2D eigenvalue weighted by Gasteiger charge is 2.11. The standard InChI is InChI=1S/C17H15NO2/c1-18(2)13-9-6-10-15-17(13)14(19)11-16(20-15)12-7-4-3-5-8-12/h3-11H,1-2H3. The summed E-state index contributed by atoms with van der Waals surface area (Å²) in [5.41, 5.74) is 2.37. The summed E-state index contributed by atoms with van der Waals surface area (Å²) < 4.78 is 5.89. The first-order valence-electron chi connectivity index (χ1n) is 6.46. The molecule has 0 spiro atoms. The maximum Gasteiger partial charge on any atom is 0.195 e. The van der Waals surface area contributed by atoms with Gasteiger partial charge in [-0.25, -0.2) is 0 Å². The third-order valence-electron chi connectivity index (χ3n) is 3.27. The minimum atomic E-state index is -0.0191. The summed E-state index contributed by atoms with van der Waals surface area (Å²) in [6.07, 6.45) is 0. The molecule has 3 aromatic rings. The Balaban J connectivity index is 2.29. The molecule has 0 radical (unpaired) electrons. The van der Waals surface area contributed by atoms with E-state index in [2.05, 4.69) is 0 Å².